The predicted molar refractivity (Wildman–Crippen MR) is 81.8 cm³/mol. The number of anilines is 2. The summed E-state index contributed by atoms with van der Waals surface area (Å²) < 4.78 is 5.79. The number of pyridine rings is 1. The van der Waals surface area contributed by atoms with E-state index in [2.05, 4.69) is 23.7 Å². The Morgan fingerprint density at radius 1 is 1.37 bits per heavy atom. The van der Waals surface area contributed by atoms with Gasteiger partial charge in [0, 0.05) is 13.6 Å². The average molecular weight is 265 g/mol. The molecule has 1 heterocycles. The molecule has 4 heteroatoms. The van der Waals surface area contributed by atoms with Gasteiger partial charge < -0.3 is 15.4 Å². The molecular weight excluding hydrogens is 238 g/mol. The molecule has 0 bridgehead atoms. The van der Waals surface area contributed by atoms with Crippen LogP contribution in [0.2, 0.25) is 0 Å². The average Bonchev–Trinajstić information content (AvgIpc) is 2.29. The van der Waals surface area contributed by atoms with Crippen molar-refractivity contribution in [3.63, 3.8) is 0 Å². The summed E-state index contributed by atoms with van der Waals surface area (Å²) >= 11 is 0. The zero-order valence-corrected chi connectivity index (χ0v) is 13.0. The lowest BCUT2D eigenvalue weighted by atomic mass is 10.1. The summed E-state index contributed by atoms with van der Waals surface area (Å²) in [5.41, 5.74) is 6.20. The van der Waals surface area contributed by atoms with Crippen LogP contribution in [-0.2, 0) is 0 Å². The van der Waals surface area contributed by atoms with Crippen LogP contribution in [0, 0.1) is 5.92 Å². The van der Waals surface area contributed by atoms with Crippen LogP contribution in [0.1, 0.15) is 41.0 Å². The lowest BCUT2D eigenvalue weighted by Gasteiger charge is -2.25. The van der Waals surface area contributed by atoms with E-state index in [1.54, 1.807) is 0 Å². The first-order valence-electron chi connectivity index (χ1n) is 6.89. The molecule has 1 rings (SSSR count). The van der Waals surface area contributed by atoms with E-state index in [1.165, 1.54) is 0 Å². The molecule has 1 aromatic heterocycles. The molecule has 1 aromatic rings. The molecule has 4 nitrogen and oxygen atoms in total. The van der Waals surface area contributed by atoms with Crippen molar-refractivity contribution < 1.29 is 4.74 Å². The molecule has 0 spiro atoms. The largest absolute Gasteiger partial charge is 0.470 e. The third-order valence-corrected chi connectivity index (χ3v) is 2.95. The molecule has 0 aliphatic carbocycles. The molecule has 0 aromatic carbocycles. The molecule has 0 aliphatic rings. The number of nitrogens with two attached hydrogens (primary N) is 1. The number of ether oxygens (including phenoxy) is 1. The van der Waals surface area contributed by atoms with Crippen molar-refractivity contribution in [3.05, 3.63) is 12.1 Å². The first-order valence-corrected chi connectivity index (χ1v) is 6.89. The second kappa shape index (κ2) is 6.13. The van der Waals surface area contributed by atoms with E-state index >= 15 is 0 Å². The molecule has 2 N–H and O–H groups in total. The molecule has 1 atom stereocenters. The van der Waals surface area contributed by atoms with Crippen LogP contribution in [0.15, 0.2) is 12.1 Å². The fourth-order valence-electron chi connectivity index (χ4n) is 1.72. The Labute approximate surface area is 117 Å². The first-order chi connectivity index (χ1) is 8.73. The zero-order valence-electron chi connectivity index (χ0n) is 13.0. The molecule has 1 unspecified atom stereocenters. The minimum absolute atomic E-state index is 0.297. The summed E-state index contributed by atoms with van der Waals surface area (Å²) in [7, 11) is 2.05. The van der Waals surface area contributed by atoms with E-state index in [0.29, 0.717) is 17.5 Å². The Morgan fingerprint density at radius 2 is 2.00 bits per heavy atom. The first kappa shape index (κ1) is 15.6. The van der Waals surface area contributed by atoms with Gasteiger partial charge in [-0.05, 0) is 38.8 Å². The smallest absolute Gasteiger partial charge is 0.239 e. The van der Waals surface area contributed by atoms with Gasteiger partial charge in [0.25, 0.3) is 0 Å². The van der Waals surface area contributed by atoms with Crippen molar-refractivity contribution in [2.45, 2.75) is 46.6 Å². The lowest BCUT2D eigenvalue weighted by Crippen LogP contribution is -2.27. The monoisotopic (exact) mass is 265 g/mol. The van der Waals surface area contributed by atoms with Crippen molar-refractivity contribution in [2.24, 2.45) is 5.92 Å². The molecule has 0 fully saturated rings. The molecule has 0 aliphatic heterocycles. The predicted octanol–water partition coefficient (Wildman–Crippen LogP) is 3.32. The molecule has 108 valence electrons. The molecular formula is C15H27N3O. The second-order valence-electron chi connectivity index (χ2n) is 6.17. The molecule has 19 heavy (non-hydrogen) atoms. The van der Waals surface area contributed by atoms with E-state index in [9.17, 15) is 0 Å². The van der Waals surface area contributed by atoms with Gasteiger partial charge in [0.1, 0.15) is 11.4 Å². The van der Waals surface area contributed by atoms with Crippen molar-refractivity contribution >= 4 is 11.5 Å². The number of rotatable bonds is 5. The Hall–Kier alpha value is -1.45. The van der Waals surface area contributed by atoms with Gasteiger partial charge in [0.05, 0.1) is 5.69 Å². The highest BCUT2D eigenvalue weighted by Gasteiger charge is 2.16. The number of nitrogen functional groups attached to an aromatic ring is 1. The van der Waals surface area contributed by atoms with E-state index in [0.717, 1.165) is 18.8 Å². The highest BCUT2D eigenvalue weighted by molar-refractivity contribution is 5.54. The summed E-state index contributed by atoms with van der Waals surface area (Å²) in [5, 5.41) is 0. The maximum absolute atomic E-state index is 5.92. The van der Waals surface area contributed by atoms with Crippen molar-refractivity contribution in [1.82, 2.24) is 4.98 Å². The van der Waals surface area contributed by atoms with Crippen LogP contribution in [-0.4, -0.2) is 24.2 Å². The number of nitrogens with zero attached hydrogens (tertiary/aromatic N) is 2. The maximum Gasteiger partial charge on any atom is 0.239 e. The standard InChI is InChI=1S/C15H27N3O/c1-7-11(2)10-18(6)13-9-8-12(16)14(17-13)19-15(3,4)5/h8-9,11H,7,10,16H2,1-6H3. The molecule has 0 saturated heterocycles. The summed E-state index contributed by atoms with van der Waals surface area (Å²) in [4.78, 5) is 6.67. The van der Waals surface area contributed by atoms with Gasteiger partial charge in [0.2, 0.25) is 5.88 Å². The quantitative estimate of drug-likeness (QED) is 0.887. The zero-order chi connectivity index (χ0) is 14.6. The highest BCUT2D eigenvalue weighted by atomic mass is 16.5. The Morgan fingerprint density at radius 3 is 2.53 bits per heavy atom. The SMILES string of the molecule is CCC(C)CN(C)c1ccc(N)c(OC(C)(C)C)n1. The minimum atomic E-state index is -0.297. The Bertz CT molecular complexity index is 412. The molecule has 0 amide bonds. The van der Waals surface area contributed by atoms with Crippen molar-refractivity contribution in [2.75, 3.05) is 24.2 Å². The van der Waals surface area contributed by atoms with Crippen LogP contribution in [0.4, 0.5) is 11.5 Å². The van der Waals surface area contributed by atoms with Gasteiger partial charge >= 0.3 is 0 Å². The van der Waals surface area contributed by atoms with Crippen LogP contribution in [0.3, 0.4) is 0 Å². The van der Waals surface area contributed by atoms with Gasteiger partial charge in [-0.2, -0.15) is 4.98 Å². The normalized spacial score (nSPS) is 13.2. The maximum atomic E-state index is 5.92. The lowest BCUT2D eigenvalue weighted by molar-refractivity contribution is 0.125. The van der Waals surface area contributed by atoms with Gasteiger partial charge in [0.15, 0.2) is 0 Å². The number of aromatic nitrogens is 1. The Balaban J connectivity index is 2.89. The third-order valence-electron chi connectivity index (χ3n) is 2.95. The number of hydrogen-bond acceptors (Lipinski definition) is 4. The summed E-state index contributed by atoms with van der Waals surface area (Å²) in [6.45, 7) is 11.4. The number of hydrogen-bond donors (Lipinski definition) is 1. The third kappa shape index (κ3) is 4.97. The Kier molecular flexibility index (Phi) is 5.04. The van der Waals surface area contributed by atoms with E-state index in [1.807, 2.05) is 40.0 Å². The fraction of sp³-hybridized carbons (Fsp3) is 0.667. The fourth-order valence-corrected chi connectivity index (χ4v) is 1.72. The van der Waals surface area contributed by atoms with Gasteiger partial charge in [-0.3, -0.25) is 0 Å². The summed E-state index contributed by atoms with van der Waals surface area (Å²) in [5.74, 6) is 2.05. The van der Waals surface area contributed by atoms with Gasteiger partial charge in [-0.15, -0.1) is 0 Å². The topological polar surface area (TPSA) is 51.4 Å². The van der Waals surface area contributed by atoms with Gasteiger partial charge in [-0.25, -0.2) is 0 Å². The summed E-state index contributed by atoms with van der Waals surface area (Å²) in [6, 6.07) is 3.80. The highest BCUT2D eigenvalue weighted by Crippen LogP contribution is 2.26. The van der Waals surface area contributed by atoms with Crippen LogP contribution in [0.5, 0.6) is 5.88 Å². The molecule has 0 radical (unpaired) electrons. The second-order valence-corrected chi connectivity index (χ2v) is 6.17. The van der Waals surface area contributed by atoms with E-state index in [-0.39, 0.29) is 5.60 Å². The van der Waals surface area contributed by atoms with Crippen LogP contribution in [0.25, 0.3) is 0 Å². The van der Waals surface area contributed by atoms with E-state index < -0.39 is 0 Å². The minimum Gasteiger partial charge on any atom is -0.470 e. The van der Waals surface area contributed by atoms with Crippen molar-refractivity contribution in [1.29, 1.82) is 0 Å². The summed E-state index contributed by atoms with van der Waals surface area (Å²) in [6.07, 6.45) is 1.16. The molecule has 0 saturated carbocycles. The van der Waals surface area contributed by atoms with Crippen molar-refractivity contribution in [3.8, 4) is 5.88 Å². The van der Waals surface area contributed by atoms with Gasteiger partial charge in [-0.1, -0.05) is 20.3 Å². The van der Waals surface area contributed by atoms with Crippen LogP contribution < -0.4 is 15.4 Å². The van der Waals surface area contributed by atoms with Crippen LogP contribution >= 0.6 is 0 Å². The van der Waals surface area contributed by atoms with E-state index in [4.69, 9.17) is 10.5 Å².